The molecule has 0 aliphatic heterocycles. The Morgan fingerprint density at radius 2 is 1.94 bits per heavy atom. The van der Waals surface area contributed by atoms with Crippen LogP contribution in [-0.2, 0) is 21.2 Å². The Morgan fingerprint density at radius 1 is 1.33 bits per heavy atom. The number of rotatable bonds is 6. The molecule has 0 aromatic heterocycles. The first-order valence-corrected chi connectivity index (χ1v) is 7.48. The van der Waals surface area contributed by atoms with Crippen LogP contribution in [0.15, 0.2) is 30.3 Å². The second-order valence-electron chi connectivity index (χ2n) is 4.29. The molecule has 0 radical (unpaired) electrons. The number of amides is 1. The minimum atomic E-state index is -3.42. The average molecular weight is 270 g/mol. The molecule has 0 heterocycles. The number of carbonyl (C=O) groups is 1. The smallest absolute Gasteiger partial charge is 0.235 e. The van der Waals surface area contributed by atoms with E-state index in [-0.39, 0.29) is 5.75 Å². The Labute approximate surface area is 107 Å². The van der Waals surface area contributed by atoms with E-state index in [1.165, 1.54) is 0 Å². The summed E-state index contributed by atoms with van der Waals surface area (Å²) in [6.45, 7) is 1.92. The number of sulfone groups is 1. The van der Waals surface area contributed by atoms with Crippen molar-refractivity contribution >= 4 is 15.7 Å². The van der Waals surface area contributed by atoms with Gasteiger partial charge in [-0.25, -0.2) is 8.42 Å². The summed E-state index contributed by atoms with van der Waals surface area (Å²) < 4.78 is 23.0. The van der Waals surface area contributed by atoms with Crippen molar-refractivity contribution in [3.63, 3.8) is 0 Å². The van der Waals surface area contributed by atoms with Crippen molar-refractivity contribution in [2.24, 2.45) is 5.73 Å². The van der Waals surface area contributed by atoms with Crippen LogP contribution >= 0.6 is 0 Å². The summed E-state index contributed by atoms with van der Waals surface area (Å²) in [5.41, 5.74) is 6.33. The van der Waals surface area contributed by atoms with E-state index in [0.29, 0.717) is 6.54 Å². The van der Waals surface area contributed by atoms with Crippen molar-refractivity contribution < 1.29 is 13.2 Å². The summed E-state index contributed by atoms with van der Waals surface area (Å²) in [5.74, 6) is -1.19. The maximum Gasteiger partial charge on any atom is 0.235 e. The zero-order chi connectivity index (χ0) is 13.6. The lowest BCUT2D eigenvalue weighted by molar-refractivity contribution is -0.118. The van der Waals surface area contributed by atoms with E-state index in [1.807, 2.05) is 30.3 Å². The van der Waals surface area contributed by atoms with Crippen molar-refractivity contribution in [1.82, 2.24) is 5.32 Å². The Hall–Kier alpha value is -1.40. The Balaban J connectivity index is 2.43. The first-order chi connectivity index (χ1) is 8.39. The number of hydrogen-bond donors (Lipinski definition) is 2. The normalized spacial score (nSPS) is 13.0. The highest BCUT2D eigenvalue weighted by molar-refractivity contribution is 7.92. The SMILES string of the molecule is CC(N)CS(=O)(=O)CC(=O)NCc1ccccc1. The number of nitrogens with two attached hydrogens (primary N) is 1. The quantitative estimate of drug-likeness (QED) is 0.765. The van der Waals surface area contributed by atoms with Gasteiger partial charge < -0.3 is 11.1 Å². The van der Waals surface area contributed by atoms with E-state index in [4.69, 9.17) is 5.73 Å². The van der Waals surface area contributed by atoms with Crippen LogP contribution in [0.1, 0.15) is 12.5 Å². The average Bonchev–Trinajstić information content (AvgIpc) is 2.25. The summed E-state index contributed by atoms with van der Waals surface area (Å²) in [5, 5.41) is 2.57. The maximum absolute atomic E-state index is 11.5. The topological polar surface area (TPSA) is 89.3 Å². The Kier molecular flexibility index (Phi) is 5.30. The molecular formula is C12H18N2O3S. The summed E-state index contributed by atoms with van der Waals surface area (Å²) in [7, 11) is -3.42. The molecule has 1 aromatic carbocycles. The predicted molar refractivity (Wildman–Crippen MR) is 70.6 cm³/mol. The third kappa shape index (κ3) is 5.79. The molecule has 5 nitrogen and oxygen atoms in total. The van der Waals surface area contributed by atoms with Gasteiger partial charge in [0.25, 0.3) is 0 Å². The predicted octanol–water partition coefficient (Wildman–Crippen LogP) is 0.0648. The molecule has 0 saturated carbocycles. The maximum atomic E-state index is 11.5. The van der Waals surface area contributed by atoms with E-state index in [2.05, 4.69) is 5.32 Å². The van der Waals surface area contributed by atoms with Crippen molar-refractivity contribution in [3.8, 4) is 0 Å². The molecule has 1 aromatic rings. The third-order valence-electron chi connectivity index (χ3n) is 2.20. The molecular weight excluding hydrogens is 252 g/mol. The van der Waals surface area contributed by atoms with E-state index in [9.17, 15) is 13.2 Å². The van der Waals surface area contributed by atoms with Crippen LogP contribution in [0.4, 0.5) is 0 Å². The summed E-state index contributed by atoms with van der Waals surface area (Å²) >= 11 is 0. The summed E-state index contributed by atoms with van der Waals surface area (Å²) in [6, 6.07) is 8.84. The highest BCUT2D eigenvalue weighted by Gasteiger charge is 2.18. The molecule has 1 unspecified atom stereocenters. The van der Waals surface area contributed by atoms with E-state index >= 15 is 0 Å². The highest BCUT2D eigenvalue weighted by atomic mass is 32.2. The van der Waals surface area contributed by atoms with Gasteiger partial charge in [0.15, 0.2) is 9.84 Å². The van der Waals surface area contributed by atoms with E-state index in [1.54, 1.807) is 6.92 Å². The Bertz CT molecular complexity index is 483. The van der Waals surface area contributed by atoms with Crippen LogP contribution < -0.4 is 11.1 Å². The molecule has 3 N–H and O–H groups in total. The monoisotopic (exact) mass is 270 g/mol. The van der Waals surface area contributed by atoms with Crippen molar-refractivity contribution in [3.05, 3.63) is 35.9 Å². The minimum Gasteiger partial charge on any atom is -0.351 e. The largest absolute Gasteiger partial charge is 0.351 e. The van der Waals surface area contributed by atoms with Crippen LogP contribution in [0.25, 0.3) is 0 Å². The fourth-order valence-electron chi connectivity index (χ4n) is 1.51. The van der Waals surface area contributed by atoms with Crippen LogP contribution in [0, 0.1) is 0 Å². The van der Waals surface area contributed by atoms with Gasteiger partial charge in [-0.1, -0.05) is 30.3 Å². The van der Waals surface area contributed by atoms with E-state index in [0.717, 1.165) is 5.56 Å². The van der Waals surface area contributed by atoms with Gasteiger partial charge in [-0.3, -0.25) is 4.79 Å². The molecule has 1 rings (SSSR count). The number of benzene rings is 1. The highest BCUT2D eigenvalue weighted by Crippen LogP contribution is 1.98. The summed E-state index contributed by atoms with van der Waals surface area (Å²) in [4.78, 5) is 11.5. The zero-order valence-electron chi connectivity index (χ0n) is 10.3. The van der Waals surface area contributed by atoms with Gasteiger partial charge in [0.05, 0.1) is 5.75 Å². The molecule has 1 amide bonds. The molecule has 0 saturated heterocycles. The fourth-order valence-corrected chi connectivity index (χ4v) is 2.93. The van der Waals surface area contributed by atoms with Gasteiger partial charge in [-0.15, -0.1) is 0 Å². The Morgan fingerprint density at radius 3 is 2.50 bits per heavy atom. The number of hydrogen-bond acceptors (Lipinski definition) is 4. The fraction of sp³-hybridized carbons (Fsp3) is 0.417. The van der Waals surface area contributed by atoms with E-state index < -0.39 is 27.5 Å². The van der Waals surface area contributed by atoms with Crippen LogP contribution in [0.5, 0.6) is 0 Å². The van der Waals surface area contributed by atoms with Gasteiger partial charge in [-0.05, 0) is 12.5 Å². The lowest BCUT2D eigenvalue weighted by Crippen LogP contribution is -2.35. The van der Waals surface area contributed by atoms with Crippen LogP contribution in [0.3, 0.4) is 0 Å². The standard InChI is InChI=1S/C12H18N2O3S/c1-10(13)8-18(16,17)9-12(15)14-7-11-5-3-2-4-6-11/h2-6,10H,7-9,13H2,1H3,(H,14,15). The number of nitrogens with one attached hydrogen (secondary N) is 1. The zero-order valence-corrected chi connectivity index (χ0v) is 11.1. The third-order valence-corrected chi connectivity index (χ3v) is 3.94. The van der Waals surface area contributed by atoms with Crippen LogP contribution in [0.2, 0.25) is 0 Å². The van der Waals surface area contributed by atoms with Crippen LogP contribution in [-0.4, -0.2) is 31.9 Å². The first-order valence-electron chi connectivity index (χ1n) is 5.66. The minimum absolute atomic E-state index is 0.175. The second-order valence-corrected chi connectivity index (χ2v) is 6.40. The molecule has 0 spiro atoms. The lowest BCUT2D eigenvalue weighted by Gasteiger charge is -2.08. The molecule has 0 aliphatic carbocycles. The molecule has 6 heteroatoms. The summed E-state index contributed by atoms with van der Waals surface area (Å²) in [6.07, 6.45) is 0. The van der Waals surface area contributed by atoms with Gasteiger partial charge in [0, 0.05) is 12.6 Å². The van der Waals surface area contributed by atoms with Crippen molar-refractivity contribution in [1.29, 1.82) is 0 Å². The molecule has 0 aliphatic rings. The second kappa shape index (κ2) is 6.51. The van der Waals surface area contributed by atoms with Crippen molar-refractivity contribution in [2.75, 3.05) is 11.5 Å². The molecule has 1 atom stereocenters. The lowest BCUT2D eigenvalue weighted by atomic mass is 10.2. The molecule has 100 valence electrons. The number of carbonyl (C=O) groups excluding carboxylic acids is 1. The molecule has 0 fully saturated rings. The first kappa shape index (κ1) is 14.7. The molecule has 0 bridgehead atoms. The van der Waals surface area contributed by atoms with Gasteiger partial charge in [0.1, 0.15) is 5.75 Å². The van der Waals surface area contributed by atoms with Gasteiger partial charge in [0.2, 0.25) is 5.91 Å². The molecule has 18 heavy (non-hydrogen) atoms. The van der Waals surface area contributed by atoms with Gasteiger partial charge >= 0.3 is 0 Å². The van der Waals surface area contributed by atoms with Crippen molar-refractivity contribution in [2.45, 2.75) is 19.5 Å². The van der Waals surface area contributed by atoms with Gasteiger partial charge in [-0.2, -0.15) is 0 Å².